The molecule has 0 radical (unpaired) electrons. The number of hydrogen-bond donors (Lipinski definition) is 1. The number of nitrogens with zero attached hydrogens (tertiary/aromatic N) is 1. The van der Waals surface area contributed by atoms with Crippen LogP contribution in [0.5, 0.6) is 0 Å². The van der Waals surface area contributed by atoms with Gasteiger partial charge in [0.15, 0.2) is 0 Å². The van der Waals surface area contributed by atoms with Gasteiger partial charge in [-0.1, -0.05) is 65.2 Å². The van der Waals surface area contributed by atoms with Crippen molar-refractivity contribution in [2.24, 2.45) is 0 Å². The van der Waals surface area contributed by atoms with Gasteiger partial charge in [-0.2, -0.15) is 0 Å². The summed E-state index contributed by atoms with van der Waals surface area (Å²) in [5, 5.41) is 0. The van der Waals surface area contributed by atoms with Gasteiger partial charge in [-0.15, -0.1) is 0 Å². The average Bonchev–Trinajstić information content (AvgIpc) is 2.34. The maximum atomic E-state index is 11.5. The quantitative estimate of drug-likeness (QED) is 0.365. The standard InChI is InChI=1S/C13H27NO2S.Zn/c1-3-5-7-9-11-14(17)13(15)16-12-10-8-6-4-2;/h17H,3-12H2,1-2H3;. The van der Waals surface area contributed by atoms with Crippen LogP contribution < -0.4 is 0 Å². The van der Waals surface area contributed by atoms with Gasteiger partial charge in [-0.3, -0.25) is 4.31 Å². The van der Waals surface area contributed by atoms with Gasteiger partial charge < -0.3 is 4.74 Å². The van der Waals surface area contributed by atoms with E-state index >= 15 is 0 Å². The van der Waals surface area contributed by atoms with Crippen LogP contribution in [-0.4, -0.2) is 23.6 Å². The Morgan fingerprint density at radius 2 is 1.56 bits per heavy atom. The molecule has 0 saturated carbocycles. The molecule has 0 fully saturated rings. The molecule has 0 unspecified atom stereocenters. The van der Waals surface area contributed by atoms with Crippen LogP contribution >= 0.6 is 12.8 Å². The van der Waals surface area contributed by atoms with Crippen molar-refractivity contribution in [3.05, 3.63) is 0 Å². The first-order chi connectivity index (χ1) is 8.22. The Morgan fingerprint density at radius 3 is 2.11 bits per heavy atom. The number of carbonyl (C=O) groups is 1. The molecular formula is C13H27NO2SZn. The minimum atomic E-state index is -0.304. The second-order valence-electron chi connectivity index (χ2n) is 4.36. The van der Waals surface area contributed by atoms with Gasteiger partial charge in [0.1, 0.15) is 0 Å². The number of rotatable bonds is 10. The van der Waals surface area contributed by atoms with Crippen LogP contribution in [0.25, 0.3) is 0 Å². The summed E-state index contributed by atoms with van der Waals surface area (Å²) in [5.41, 5.74) is 0. The van der Waals surface area contributed by atoms with Crippen LogP contribution in [0, 0.1) is 0 Å². The van der Waals surface area contributed by atoms with Gasteiger partial charge in [0, 0.05) is 26.0 Å². The fourth-order valence-corrected chi connectivity index (χ4v) is 1.74. The first-order valence-corrected chi connectivity index (χ1v) is 7.25. The van der Waals surface area contributed by atoms with E-state index in [1.54, 1.807) is 0 Å². The Morgan fingerprint density at radius 1 is 1.00 bits per heavy atom. The van der Waals surface area contributed by atoms with Crippen LogP contribution in [0.15, 0.2) is 0 Å². The van der Waals surface area contributed by atoms with E-state index in [1.165, 1.54) is 30.0 Å². The van der Waals surface area contributed by atoms with E-state index in [-0.39, 0.29) is 25.6 Å². The molecule has 0 aliphatic carbocycles. The first kappa shape index (κ1) is 20.6. The first-order valence-electron chi connectivity index (χ1n) is 6.85. The molecule has 0 heterocycles. The van der Waals surface area contributed by atoms with E-state index in [2.05, 4.69) is 26.7 Å². The van der Waals surface area contributed by atoms with Crippen LogP contribution in [0.4, 0.5) is 4.79 Å². The summed E-state index contributed by atoms with van der Waals surface area (Å²) in [4.78, 5) is 11.5. The number of amides is 1. The predicted molar refractivity (Wildman–Crippen MR) is 75.3 cm³/mol. The third-order valence-electron chi connectivity index (χ3n) is 2.66. The molecule has 18 heavy (non-hydrogen) atoms. The van der Waals surface area contributed by atoms with Crippen LogP contribution in [0.1, 0.15) is 65.2 Å². The van der Waals surface area contributed by atoms with Gasteiger partial charge in [0.2, 0.25) is 0 Å². The number of thiol groups is 1. The summed E-state index contributed by atoms with van der Waals surface area (Å²) < 4.78 is 6.50. The maximum absolute atomic E-state index is 11.5. The van der Waals surface area contributed by atoms with Crippen LogP contribution in [-0.2, 0) is 24.2 Å². The van der Waals surface area contributed by atoms with Gasteiger partial charge >= 0.3 is 6.09 Å². The Hall–Kier alpha value is 0.243. The SMILES string of the molecule is CCCCCCOC(=O)N(S)CCCCCC.[Zn]. The molecule has 0 aromatic heterocycles. The summed E-state index contributed by atoms with van der Waals surface area (Å²) in [6.45, 7) is 5.53. The zero-order chi connectivity index (χ0) is 12.9. The summed E-state index contributed by atoms with van der Waals surface area (Å²) in [6, 6.07) is 0. The third-order valence-corrected chi connectivity index (χ3v) is 3.02. The number of hydrogen-bond acceptors (Lipinski definition) is 3. The second-order valence-corrected chi connectivity index (χ2v) is 4.84. The summed E-state index contributed by atoms with van der Waals surface area (Å²) in [6.07, 6.45) is 8.76. The van der Waals surface area contributed by atoms with Crippen molar-refractivity contribution in [1.29, 1.82) is 0 Å². The van der Waals surface area contributed by atoms with Crippen molar-refractivity contribution < 1.29 is 29.0 Å². The Labute approximate surface area is 130 Å². The molecule has 0 saturated heterocycles. The molecule has 0 bridgehead atoms. The maximum Gasteiger partial charge on any atom is 0.419 e. The van der Waals surface area contributed by atoms with Crippen molar-refractivity contribution in [2.45, 2.75) is 65.2 Å². The second kappa shape index (κ2) is 15.3. The summed E-state index contributed by atoms with van der Waals surface area (Å²) in [5.74, 6) is 0. The third kappa shape index (κ3) is 12.7. The molecule has 104 valence electrons. The number of carbonyl (C=O) groups excluding carboxylic acids is 1. The fourth-order valence-electron chi connectivity index (χ4n) is 1.54. The van der Waals surface area contributed by atoms with Gasteiger partial charge in [0.05, 0.1) is 6.61 Å². The van der Waals surface area contributed by atoms with E-state index in [1.807, 2.05) is 0 Å². The van der Waals surface area contributed by atoms with E-state index in [0.29, 0.717) is 13.2 Å². The summed E-state index contributed by atoms with van der Waals surface area (Å²) in [7, 11) is 0. The smallest absolute Gasteiger partial charge is 0.419 e. The monoisotopic (exact) mass is 325 g/mol. The van der Waals surface area contributed by atoms with E-state index in [9.17, 15) is 4.79 Å². The van der Waals surface area contributed by atoms with Crippen LogP contribution in [0.3, 0.4) is 0 Å². The van der Waals surface area contributed by atoms with Crippen molar-refractivity contribution in [3.63, 3.8) is 0 Å². The molecule has 1 amide bonds. The van der Waals surface area contributed by atoms with E-state index in [0.717, 1.165) is 25.7 Å². The molecular weight excluding hydrogens is 300 g/mol. The zero-order valence-corrected chi connectivity index (χ0v) is 15.9. The molecule has 0 aliphatic rings. The minimum absolute atomic E-state index is 0. The Kier molecular flexibility index (Phi) is 17.5. The molecule has 0 N–H and O–H groups in total. The molecule has 0 aliphatic heterocycles. The van der Waals surface area contributed by atoms with E-state index in [4.69, 9.17) is 4.74 Å². The summed E-state index contributed by atoms with van der Waals surface area (Å²) >= 11 is 4.13. The predicted octanol–water partition coefficient (Wildman–Crippen LogP) is 4.43. The zero-order valence-electron chi connectivity index (χ0n) is 12.0. The normalized spacial score (nSPS) is 9.72. The molecule has 0 atom stereocenters. The topological polar surface area (TPSA) is 29.5 Å². The van der Waals surface area contributed by atoms with Crippen LogP contribution in [0.2, 0.25) is 0 Å². The molecule has 0 rings (SSSR count). The van der Waals surface area contributed by atoms with Gasteiger partial charge in [0.25, 0.3) is 0 Å². The van der Waals surface area contributed by atoms with Gasteiger partial charge in [-0.05, 0) is 12.8 Å². The van der Waals surface area contributed by atoms with Crippen molar-refractivity contribution >= 4 is 18.9 Å². The van der Waals surface area contributed by atoms with E-state index < -0.39 is 0 Å². The molecule has 0 spiro atoms. The molecule has 3 nitrogen and oxygen atoms in total. The fraction of sp³-hybridized carbons (Fsp3) is 0.923. The van der Waals surface area contributed by atoms with Crippen molar-refractivity contribution in [3.8, 4) is 0 Å². The number of ether oxygens (including phenoxy) is 1. The molecule has 0 aromatic carbocycles. The average molecular weight is 327 g/mol. The van der Waals surface area contributed by atoms with Crippen molar-refractivity contribution in [1.82, 2.24) is 4.31 Å². The van der Waals surface area contributed by atoms with Crippen molar-refractivity contribution in [2.75, 3.05) is 13.2 Å². The number of unbranched alkanes of at least 4 members (excludes halogenated alkanes) is 6. The molecule has 5 heteroatoms. The Balaban J connectivity index is 0. The minimum Gasteiger partial charge on any atom is -0.449 e. The Bertz CT molecular complexity index is 194. The molecule has 0 aromatic rings. The largest absolute Gasteiger partial charge is 0.449 e. The van der Waals surface area contributed by atoms with Gasteiger partial charge in [-0.25, -0.2) is 4.79 Å².